The van der Waals surface area contributed by atoms with Gasteiger partial charge in [-0.25, -0.2) is 0 Å². The SMILES string of the molecule is CCCC(C)Nc1ccc(CO)cc1. The van der Waals surface area contributed by atoms with Crippen LogP contribution in [0.1, 0.15) is 32.3 Å². The lowest BCUT2D eigenvalue weighted by Gasteiger charge is -2.14. The van der Waals surface area contributed by atoms with Crippen molar-refractivity contribution >= 4 is 5.69 Å². The summed E-state index contributed by atoms with van der Waals surface area (Å²) in [7, 11) is 0. The van der Waals surface area contributed by atoms with E-state index in [1.807, 2.05) is 24.3 Å². The fraction of sp³-hybridized carbons (Fsp3) is 0.500. The highest BCUT2D eigenvalue weighted by atomic mass is 16.3. The molecule has 0 aliphatic heterocycles. The Balaban J connectivity index is 2.50. The van der Waals surface area contributed by atoms with Gasteiger partial charge in [0.2, 0.25) is 0 Å². The normalized spacial score (nSPS) is 12.5. The van der Waals surface area contributed by atoms with E-state index in [1.165, 1.54) is 12.8 Å². The molecule has 1 rings (SSSR count). The van der Waals surface area contributed by atoms with Crippen LogP contribution in [0.3, 0.4) is 0 Å². The van der Waals surface area contributed by atoms with E-state index in [-0.39, 0.29) is 6.61 Å². The first kappa shape index (κ1) is 11.1. The molecule has 0 spiro atoms. The van der Waals surface area contributed by atoms with E-state index < -0.39 is 0 Å². The molecule has 0 saturated carbocycles. The highest BCUT2D eigenvalue weighted by molar-refractivity contribution is 5.45. The number of hydrogen-bond acceptors (Lipinski definition) is 2. The summed E-state index contributed by atoms with van der Waals surface area (Å²) in [6.45, 7) is 4.49. The molecule has 0 aliphatic rings. The average molecular weight is 193 g/mol. The van der Waals surface area contributed by atoms with Gasteiger partial charge in [0.1, 0.15) is 0 Å². The molecule has 1 aromatic rings. The summed E-state index contributed by atoms with van der Waals surface area (Å²) in [4.78, 5) is 0. The summed E-state index contributed by atoms with van der Waals surface area (Å²) >= 11 is 0. The summed E-state index contributed by atoms with van der Waals surface area (Å²) in [5, 5.41) is 12.3. The van der Waals surface area contributed by atoms with E-state index in [0.29, 0.717) is 6.04 Å². The van der Waals surface area contributed by atoms with E-state index in [4.69, 9.17) is 5.11 Å². The van der Waals surface area contributed by atoms with Crippen molar-refractivity contribution in [2.75, 3.05) is 5.32 Å². The van der Waals surface area contributed by atoms with Crippen LogP contribution in [0, 0.1) is 0 Å². The smallest absolute Gasteiger partial charge is 0.0681 e. The van der Waals surface area contributed by atoms with Crippen LogP contribution in [-0.2, 0) is 6.61 Å². The zero-order chi connectivity index (χ0) is 10.4. The van der Waals surface area contributed by atoms with Gasteiger partial charge in [0.15, 0.2) is 0 Å². The predicted octanol–water partition coefficient (Wildman–Crippen LogP) is 2.78. The Kier molecular flexibility index (Phi) is 4.47. The number of anilines is 1. The number of rotatable bonds is 5. The molecular weight excluding hydrogens is 174 g/mol. The first-order valence-corrected chi connectivity index (χ1v) is 5.22. The molecule has 2 nitrogen and oxygen atoms in total. The molecule has 0 bridgehead atoms. The molecule has 1 atom stereocenters. The van der Waals surface area contributed by atoms with E-state index in [0.717, 1.165) is 11.3 Å². The molecule has 1 unspecified atom stereocenters. The third-order valence-corrected chi connectivity index (χ3v) is 2.27. The summed E-state index contributed by atoms with van der Waals surface area (Å²) in [5.41, 5.74) is 2.09. The fourth-order valence-corrected chi connectivity index (χ4v) is 1.50. The second-order valence-electron chi connectivity index (χ2n) is 3.69. The number of aliphatic hydroxyl groups is 1. The lowest BCUT2D eigenvalue weighted by Crippen LogP contribution is -2.14. The number of nitrogens with one attached hydrogen (secondary N) is 1. The Labute approximate surface area is 86.0 Å². The maximum absolute atomic E-state index is 8.87. The van der Waals surface area contributed by atoms with Gasteiger partial charge in [-0.2, -0.15) is 0 Å². The third-order valence-electron chi connectivity index (χ3n) is 2.27. The van der Waals surface area contributed by atoms with Gasteiger partial charge in [-0.15, -0.1) is 0 Å². The molecule has 14 heavy (non-hydrogen) atoms. The van der Waals surface area contributed by atoms with Crippen LogP contribution in [0.15, 0.2) is 24.3 Å². The largest absolute Gasteiger partial charge is 0.392 e. The Bertz CT molecular complexity index is 256. The molecule has 0 fully saturated rings. The van der Waals surface area contributed by atoms with Crippen LogP contribution >= 0.6 is 0 Å². The first-order valence-electron chi connectivity index (χ1n) is 5.22. The second-order valence-corrected chi connectivity index (χ2v) is 3.69. The molecule has 0 aliphatic carbocycles. The van der Waals surface area contributed by atoms with Crippen LogP contribution in [0.25, 0.3) is 0 Å². The molecule has 2 N–H and O–H groups in total. The first-order chi connectivity index (χ1) is 6.76. The van der Waals surface area contributed by atoms with Crippen LogP contribution in [0.4, 0.5) is 5.69 Å². The minimum atomic E-state index is 0.116. The van der Waals surface area contributed by atoms with Crippen LogP contribution in [0.5, 0.6) is 0 Å². The van der Waals surface area contributed by atoms with Gasteiger partial charge >= 0.3 is 0 Å². The van der Waals surface area contributed by atoms with Gasteiger partial charge in [0.25, 0.3) is 0 Å². The second kappa shape index (κ2) is 5.66. The summed E-state index contributed by atoms with van der Waals surface area (Å²) in [6.07, 6.45) is 2.38. The predicted molar refractivity (Wildman–Crippen MR) is 60.4 cm³/mol. The Hall–Kier alpha value is -1.02. The number of hydrogen-bond donors (Lipinski definition) is 2. The van der Waals surface area contributed by atoms with Crippen molar-refractivity contribution in [3.05, 3.63) is 29.8 Å². The summed E-state index contributed by atoms with van der Waals surface area (Å²) in [5.74, 6) is 0. The van der Waals surface area contributed by atoms with E-state index in [9.17, 15) is 0 Å². The van der Waals surface area contributed by atoms with Gasteiger partial charge < -0.3 is 10.4 Å². The van der Waals surface area contributed by atoms with Crippen molar-refractivity contribution in [2.24, 2.45) is 0 Å². The zero-order valence-electron chi connectivity index (χ0n) is 8.96. The van der Waals surface area contributed by atoms with Crippen LogP contribution in [0.2, 0.25) is 0 Å². The molecule has 0 aromatic heterocycles. The van der Waals surface area contributed by atoms with E-state index in [1.54, 1.807) is 0 Å². The molecular formula is C12H19NO. The minimum Gasteiger partial charge on any atom is -0.392 e. The third kappa shape index (κ3) is 3.38. The molecule has 1 aromatic carbocycles. The molecule has 0 radical (unpaired) electrons. The average Bonchev–Trinajstić information content (AvgIpc) is 2.19. The standard InChI is InChI=1S/C12H19NO/c1-3-4-10(2)13-12-7-5-11(9-14)6-8-12/h5-8,10,13-14H,3-4,9H2,1-2H3. The molecule has 78 valence electrons. The van der Waals surface area contributed by atoms with Gasteiger partial charge in [0, 0.05) is 11.7 Å². The van der Waals surface area contributed by atoms with Crippen LogP contribution < -0.4 is 5.32 Å². The summed E-state index contributed by atoms with van der Waals surface area (Å²) < 4.78 is 0. The number of benzene rings is 1. The van der Waals surface area contributed by atoms with E-state index >= 15 is 0 Å². The Morgan fingerprint density at radius 2 is 1.93 bits per heavy atom. The monoisotopic (exact) mass is 193 g/mol. The van der Waals surface area contributed by atoms with Crippen molar-refractivity contribution in [3.8, 4) is 0 Å². The lowest BCUT2D eigenvalue weighted by atomic mass is 10.1. The topological polar surface area (TPSA) is 32.3 Å². The zero-order valence-corrected chi connectivity index (χ0v) is 8.96. The Morgan fingerprint density at radius 1 is 1.29 bits per heavy atom. The molecule has 0 heterocycles. The Morgan fingerprint density at radius 3 is 2.43 bits per heavy atom. The highest BCUT2D eigenvalue weighted by Crippen LogP contribution is 2.12. The van der Waals surface area contributed by atoms with E-state index in [2.05, 4.69) is 19.2 Å². The fourth-order valence-electron chi connectivity index (χ4n) is 1.50. The quantitative estimate of drug-likeness (QED) is 0.753. The van der Waals surface area contributed by atoms with Crippen molar-refractivity contribution < 1.29 is 5.11 Å². The van der Waals surface area contributed by atoms with Gasteiger partial charge in [0.05, 0.1) is 6.61 Å². The van der Waals surface area contributed by atoms with Gasteiger partial charge in [-0.1, -0.05) is 25.5 Å². The molecule has 0 saturated heterocycles. The maximum atomic E-state index is 8.87. The minimum absolute atomic E-state index is 0.116. The van der Waals surface area contributed by atoms with Gasteiger partial charge in [-0.05, 0) is 31.0 Å². The van der Waals surface area contributed by atoms with Crippen molar-refractivity contribution in [1.82, 2.24) is 0 Å². The highest BCUT2D eigenvalue weighted by Gasteiger charge is 1.99. The molecule has 0 amide bonds. The lowest BCUT2D eigenvalue weighted by molar-refractivity contribution is 0.282. The molecule has 2 heteroatoms. The maximum Gasteiger partial charge on any atom is 0.0681 e. The van der Waals surface area contributed by atoms with Crippen molar-refractivity contribution in [2.45, 2.75) is 39.3 Å². The van der Waals surface area contributed by atoms with Crippen LogP contribution in [-0.4, -0.2) is 11.1 Å². The number of aliphatic hydroxyl groups excluding tert-OH is 1. The summed E-state index contributed by atoms with van der Waals surface area (Å²) in [6, 6.07) is 8.43. The van der Waals surface area contributed by atoms with Crippen molar-refractivity contribution in [1.29, 1.82) is 0 Å². The van der Waals surface area contributed by atoms with Gasteiger partial charge in [-0.3, -0.25) is 0 Å². The van der Waals surface area contributed by atoms with Crippen molar-refractivity contribution in [3.63, 3.8) is 0 Å².